The molecule has 0 radical (unpaired) electrons. The zero-order chi connectivity index (χ0) is 12.8. The van der Waals surface area contributed by atoms with Crippen LogP contribution in [0.5, 0.6) is 0 Å². The van der Waals surface area contributed by atoms with Gasteiger partial charge in [-0.05, 0) is 25.8 Å². The minimum Gasteiger partial charge on any atom is -0.388 e. The summed E-state index contributed by atoms with van der Waals surface area (Å²) in [6, 6.07) is 0. The van der Waals surface area contributed by atoms with Gasteiger partial charge in [0.2, 0.25) is 0 Å². The van der Waals surface area contributed by atoms with Crippen molar-refractivity contribution in [3.63, 3.8) is 0 Å². The second kappa shape index (κ2) is 6.29. The zero-order valence-electron chi connectivity index (χ0n) is 11.2. The number of hydrogen-bond donors (Lipinski definition) is 2. The second-order valence-electron chi connectivity index (χ2n) is 5.37. The van der Waals surface area contributed by atoms with Crippen LogP contribution in [0.4, 0.5) is 0 Å². The van der Waals surface area contributed by atoms with Gasteiger partial charge in [0.1, 0.15) is 0 Å². The fraction of sp³-hybridized carbons (Fsp3) is 0.846. The Morgan fingerprint density at radius 3 is 2.89 bits per heavy atom. The van der Waals surface area contributed by atoms with Gasteiger partial charge in [-0.25, -0.2) is 4.68 Å². The van der Waals surface area contributed by atoms with E-state index in [9.17, 15) is 5.11 Å². The molecule has 5 heteroatoms. The largest absolute Gasteiger partial charge is 0.388 e. The molecule has 1 aromatic rings. The first kappa shape index (κ1) is 13.5. The molecule has 0 spiro atoms. The molecule has 18 heavy (non-hydrogen) atoms. The molecule has 0 aromatic carbocycles. The van der Waals surface area contributed by atoms with E-state index in [1.807, 2.05) is 6.20 Å². The summed E-state index contributed by atoms with van der Waals surface area (Å²) in [7, 11) is 0. The summed E-state index contributed by atoms with van der Waals surface area (Å²) < 4.78 is 1.79. The van der Waals surface area contributed by atoms with Crippen molar-refractivity contribution in [3.05, 3.63) is 11.9 Å². The van der Waals surface area contributed by atoms with Gasteiger partial charge in [0.25, 0.3) is 0 Å². The van der Waals surface area contributed by atoms with Crippen molar-refractivity contribution >= 4 is 0 Å². The van der Waals surface area contributed by atoms with Crippen molar-refractivity contribution in [2.45, 2.75) is 64.1 Å². The lowest BCUT2D eigenvalue weighted by atomic mass is 9.85. The highest BCUT2D eigenvalue weighted by Crippen LogP contribution is 2.29. The first-order chi connectivity index (χ1) is 8.72. The van der Waals surface area contributed by atoms with Gasteiger partial charge in [-0.2, -0.15) is 0 Å². The van der Waals surface area contributed by atoms with Gasteiger partial charge in [-0.15, -0.1) is 5.10 Å². The molecule has 1 aliphatic carbocycles. The van der Waals surface area contributed by atoms with Gasteiger partial charge in [-0.3, -0.25) is 0 Å². The Bertz CT molecular complexity index is 358. The summed E-state index contributed by atoms with van der Waals surface area (Å²) in [5.41, 5.74) is 0.378. The highest BCUT2D eigenvalue weighted by Gasteiger charge is 2.29. The van der Waals surface area contributed by atoms with E-state index < -0.39 is 5.60 Å². The van der Waals surface area contributed by atoms with Crippen molar-refractivity contribution < 1.29 is 5.11 Å². The summed E-state index contributed by atoms with van der Waals surface area (Å²) in [4.78, 5) is 0. The van der Waals surface area contributed by atoms with Crippen LogP contribution in [0.15, 0.2) is 6.20 Å². The van der Waals surface area contributed by atoms with Crippen LogP contribution >= 0.6 is 0 Å². The van der Waals surface area contributed by atoms with Crippen LogP contribution in [0, 0.1) is 0 Å². The Morgan fingerprint density at radius 2 is 2.17 bits per heavy atom. The molecular weight excluding hydrogens is 228 g/mol. The number of nitrogens with zero attached hydrogens (tertiary/aromatic N) is 3. The number of aliphatic hydroxyl groups is 1. The van der Waals surface area contributed by atoms with Crippen molar-refractivity contribution in [1.29, 1.82) is 0 Å². The average molecular weight is 252 g/mol. The molecule has 1 fully saturated rings. The third kappa shape index (κ3) is 3.78. The SMILES string of the molecule is CCCNCc1cn(CC2(O)CCCCC2)nn1. The van der Waals surface area contributed by atoms with E-state index in [-0.39, 0.29) is 0 Å². The highest BCUT2D eigenvalue weighted by molar-refractivity contribution is 4.93. The van der Waals surface area contributed by atoms with E-state index in [1.54, 1.807) is 4.68 Å². The molecule has 1 aliphatic rings. The Hall–Kier alpha value is -0.940. The molecule has 0 saturated heterocycles. The van der Waals surface area contributed by atoms with Crippen LogP contribution in [0.1, 0.15) is 51.1 Å². The first-order valence-corrected chi connectivity index (χ1v) is 7.04. The maximum atomic E-state index is 10.4. The van der Waals surface area contributed by atoms with E-state index in [0.717, 1.165) is 50.9 Å². The van der Waals surface area contributed by atoms with E-state index in [0.29, 0.717) is 6.54 Å². The maximum absolute atomic E-state index is 10.4. The van der Waals surface area contributed by atoms with Gasteiger partial charge in [-0.1, -0.05) is 31.4 Å². The smallest absolute Gasteiger partial charge is 0.0964 e. The van der Waals surface area contributed by atoms with Crippen LogP contribution < -0.4 is 5.32 Å². The number of rotatable bonds is 6. The Kier molecular flexibility index (Phi) is 4.72. The Labute approximate surface area is 109 Å². The molecule has 2 rings (SSSR count). The van der Waals surface area contributed by atoms with Crippen LogP contribution in [0.25, 0.3) is 0 Å². The summed E-state index contributed by atoms with van der Waals surface area (Å²) in [5, 5.41) is 22.0. The molecule has 0 aliphatic heterocycles. The summed E-state index contributed by atoms with van der Waals surface area (Å²) >= 11 is 0. The van der Waals surface area contributed by atoms with Crippen molar-refractivity contribution in [2.24, 2.45) is 0 Å². The quantitative estimate of drug-likeness (QED) is 0.753. The molecule has 1 heterocycles. The van der Waals surface area contributed by atoms with Crippen molar-refractivity contribution in [3.8, 4) is 0 Å². The predicted molar refractivity (Wildman–Crippen MR) is 70.1 cm³/mol. The number of aromatic nitrogens is 3. The number of nitrogens with one attached hydrogen (secondary N) is 1. The van der Waals surface area contributed by atoms with Gasteiger partial charge >= 0.3 is 0 Å². The van der Waals surface area contributed by atoms with Crippen LogP contribution in [0.2, 0.25) is 0 Å². The Balaban J connectivity index is 1.85. The Morgan fingerprint density at radius 1 is 1.39 bits per heavy atom. The fourth-order valence-corrected chi connectivity index (χ4v) is 2.56. The van der Waals surface area contributed by atoms with E-state index in [4.69, 9.17) is 0 Å². The topological polar surface area (TPSA) is 63.0 Å². The normalized spacial score (nSPS) is 19.0. The minimum absolute atomic E-state index is 0.569. The standard InChI is InChI=1S/C13H24N4O/c1-2-8-14-9-12-10-17(16-15-12)11-13(18)6-4-3-5-7-13/h10,14,18H,2-9,11H2,1H3. The fourth-order valence-electron chi connectivity index (χ4n) is 2.56. The molecule has 5 nitrogen and oxygen atoms in total. The molecule has 0 unspecified atom stereocenters. The lowest BCUT2D eigenvalue weighted by molar-refractivity contribution is -0.0146. The van der Waals surface area contributed by atoms with Crippen molar-refractivity contribution in [1.82, 2.24) is 20.3 Å². The lowest BCUT2D eigenvalue weighted by Crippen LogP contribution is -2.36. The van der Waals surface area contributed by atoms with E-state index in [1.165, 1.54) is 6.42 Å². The van der Waals surface area contributed by atoms with Crippen LogP contribution in [-0.2, 0) is 13.1 Å². The minimum atomic E-state index is -0.569. The average Bonchev–Trinajstić information content (AvgIpc) is 2.77. The summed E-state index contributed by atoms with van der Waals surface area (Å²) in [5.74, 6) is 0. The molecule has 102 valence electrons. The first-order valence-electron chi connectivity index (χ1n) is 7.04. The molecule has 0 bridgehead atoms. The van der Waals surface area contributed by atoms with Crippen LogP contribution in [-0.4, -0.2) is 32.2 Å². The summed E-state index contributed by atoms with van der Waals surface area (Å²) in [6.07, 6.45) is 8.31. The lowest BCUT2D eigenvalue weighted by Gasteiger charge is -2.31. The van der Waals surface area contributed by atoms with Gasteiger partial charge in [0.15, 0.2) is 0 Å². The van der Waals surface area contributed by atoms with Gasteiger partial charge in [0.05, 0.1) is 17.8 Å². The highest BCUT2D eigenvalue weighted by atomic mass is 16.3. The van der Waals surface area contributed by atoms with E-state index in [2.05, 4.69) is 22.6 Å². The molecule has 1 aromatic heterocycles. The van der Waals surface area contributed by atoms with E-state index >= 15 is 0 Å². The molecule has 0 atom stereocenters. The third-order valence-corrected chi connectivity index (χ3v) is 3.56. The molecule has 0 amide bonds. The molecule has 2 N–H and O–H groups in total. The summed E-state index contributed by atoms with van der Waals surface area (Å²) in [6.45, 7) is 4.47. The molecule has 1 saturated carbocycles. The zero-order valence-corrected chi connectivity index (χ0v) is 11.2. The maximum Gasteiger partial charge on any atom is 0.0964 e. The predicted octanol–water partition coefficient (Wildman–Crippen LogP) is 1.47. The van der Waals surface area contributed by atoms with Crippen LogP contribution in [0.3, 0.4) is 0 Å². The monoisotopic (exact) mass is 252 g/mol. The van der Waals surface area contributed by atoms with Gasteiger partial charge < -0.3 is 10.4 Å². The number of hydrogen-bond acceptors (Lipinski definition) is 4. The third-order valence-electron chi connectivity index (χ3n) is 3.56. The second-order valence-corrected chi connectivity index (χ2v) is 5.37. The van der Waals surface area contributed by atoms with Gasteiger partial charge in [0, 0.05) is 12.7 Å². The van der Waals surface area contributed by atoms with Crippen molar-refractivity contribution in [2.75, 3.05) is 6.54 Å². The molecular formula is C13H24N4O.